The third kappa shape index (κ3) is 2.04. The van der Waals surface area contributed by atoms with E-state index in [2.05, 4.69) is 4.57 Å². The van der Waals surface area contributed by atoms with Crippen LogP contribution in [0.1, 0.15) is 18.7 Å². The molecule has 0 aliphatic carbocycles. The third-order valence-corrected chi connectivity index (χ3v) is 4.39. The number of rotatable bonds is 2. The zero-order valence-corrected chi connectivity index (χ0v) is 11.8. The maximum Gasteiger partial charge on any atom is 0.117 e. The molecule has 0 saturated carbocycles. The predicted molar refractivity (Wildman–Crippen MR) is 76.5 cm³/mol. The molecule has 0 amide bonds. The molecule has 0 unspecified atom stereocenters. The van der Waals surface area contributed by atoms with Crippen LogP contribution in [0, 0.1) is 0 Å². The SMILES string of the molecule is Cn1c(C2(CN)CCOCC2)nc2cc(Cl)ccc21. The van der Waals surface area contributed by atoms with Gasteiger partial charge in [-0.1, -0.05) is 11.6 Å². The van der Waals surface area contributed by atoms with Crippen molar-refractivity contribution < 1.29 is 4.74 Å². The van der Waals surface area contributed by atoms with E-state index < -0.39 is 0 Å². The highest BCUT2D eigenvalue weighted by atomic mass is 35.5. The Morgan fingerprint density at radius 2 is 2.16 bits per heavy atom. The molecule has 0 spiro atoms. The Balaban J connectivity index is 2.15. The predicted octanol–water partition coefficient (Wildman–Crippen LogP) is 2.23. The second-order valence-electron chi connectivity index (χ2n) is 5.22. The molecular weight excluding hydrogens is 262 g/mol. The van der Waals surface area contributed by atoms with E-state index in [0.717, 1.165) is 42.9 Å². The molecule has 0 bridgehead atoms. The Kier molecular flexibility index (Phi) is 3.25. The van der Waals surface area contributed by atoms with Gasteiger partial charge in [-0.2, -0.15) is 0 Å². The number of nitrogens with two attached hydrogens (primary N) is 1. The zero-order chi connectivity index (χ0) is 13.5. The van der Waals surface area contributed by atoms with Gasteiger partial charge in [0.25, 0.3) is 0 Å². The second-order valence-corrected chi connectivity index (χ2v) is 5.66. The van der Waals surface area contributed by atoms with Gasteiger partial charge in [-0.05, 0) is 31.0 Å². The number of hydrogen-bond acceptors (Lipinski definition) is 3. The summed E-state index contributed by atoms with van der Waals surface area (Å²) in [6.45, 7) is 2.10. The first-order valence-electron chi connectivity index (χ1n) is 6.56. The van der Waals surface area contributed by atoms with Crippen LogP contribution in [0.5, 0.6) is 0 Å². The first-order chi connectivity index (χ1) is 9.16. The summed E-state index contributed by atoms with van der Waals surface area (Å²) in [6.07, 6.45) is 1.85. The van der Waals surface area contributed by atoms with Crippen LogP contribution < -0.4 is 5.73 Å². The number of halogens is 1. The minimum absolute atomic E-state index is 0.0709. The highest BCUT2D eigenvalue weighted by Gasteiger charge is 2.37. The summed E-state index contributed by atoms with van der Waals surface area (Å²) in [5.41, 5.74) is 8.02. The minimum atomic E-state index is -0.0709. The summed E-state index contributed by atoms with van der Waals surface area (Å²) in [5.74, 6) is 1.05. The summed E-state index contributed by atoms with van der Waals surface area (Å²) in [5, 5.41) is 0.714. The van der Waals surface area contributed by atoms with E-state index in [9.17, 15) is 0 Å². The Morgan fingerprint density at radius 3 is 2.84 bits per heavy atom. The lowest BCUT2D eigenvalue weighted by Crippen LogP contribution is -2.42. The topological polar surface area (TPSA) is 53.1 Å². The summed E-state index contributed by atoms with van der Waals surface area (Å²) < 4.78 is 7.61. The second kappa shape index (κ2) is 4.78. The molecule has 1 saturated heterocycles. The Labute approximate surface area is 117 Å². The van der Waals surface area contributed by atoms with Gasteiger partial charge in [0.05, 0.1) is 11.0 Å². The van der Waals surface area contributed by atoms with Crippen molar-refractivity contribution in [3.63, 3.8) is 0 Å². The molecule has 0 atom stereocenters. The maximum atomic E-state index is 6.06. The fourth-order valence-electron chi connectivity index (χ4n) is 2.93. The summed E-state index contributed by atoms with van der Waals surface area (Å²) in [7, 11) is 2.05. The van der Waals surface area contributed by atoms with Crippen LogP contribution in [0.2, 0.25) is 5.02 Å². The normalized spacial score (nSPS) is 18.9. The number of ether oxygens (including phenoxy) is 1. The van der Waals surface area contributed by atoms with Gasteiger partial charge < -0.3 is 15.0 Å². The number of hydrogen-bond donors (Lipinski definition) is 1. The fraction of sp³-hybridized carbons (Fsp3) is 0.500. The summed E-state index contributed by atoms with van der Waals surface area (Å²) in [6, 6.07) is 5.82. The molecule has 1 aromatic carbocycles. The van der Waals surface area contributed by atoms with Crippen molar-refractivity contribution in [1.82, 2.24) is 9.55 Å². The minimum Gasteiger partial charge on any atom is -0.381 e. The zero-order valence-electron chi connectivity index (χ0n) is 11.0. The smallest absolute Gasteiger partial charge is 0.117 e. The lowest BCUT2D eigenvalue weighted by Gasteiger charge is -2.35. The number of imidazole rings is 1. The largest absolute Gasteiger partial charge is 0.381 e. The third-order valence-electron chi connectivity index (χ3n) is 4.16. The molecule has 5 heteroatoms. The maximum absolute atomic E-state index is 6.06. The van der Waals surface area contributed by atoms with Crippen LogP contribution >= 0.6 is 11.6 Å². The fourth-order valence-corrected chi connectivity index (χ4v) is 3.09. The van der Waals surface area contributed by atoms with Gasteiger partial charge in [0.1, 0.15) is 5.82 Å². The number of fused-ring (bicyclic) bond motifs is 1. The van der Waals surface area contributed by atoms with Crippen LogP contribution in [0.4, 0.5) is 0 Å². The van der Waals surface area contributed by atoms with Crippen molar-refractivity contribution in [3.8, 4) is 0 Å². The van der Waals surface area contributed by atoms with Crippen molar-refractivity contribution in [3.05, 3.63) is 29.0 Å². The number of aromatic nitrogens is 2. The van der Waals surface area contributed by atoms with Gasteiger partial charge in [-0.15, -0.1) is 0 Å². The average Bonchev–Trinajstić information content (AvgIpc) is 2.77. The molecule has 1 aliphatic rings. The van der Waals surface area contributed by atoms with E-state index in [1.54, 1.807) is 0 Å². The molecule has 3 rings (SSSR count). The van der Waals surface area contributed by atoms with Gasteiger partial charge in [-0.25, -0.2) is 4.98 Å². The summed E-state index contributed by atoms with van der Waals surface area (Å²) in [4.78, 5) is 4.78. The van der Waals surface area contributed by atoms with Crippen LogP contribution in [0.25, 0.3) is 11.0 Å². The van der Waals surface area contributed by atoms with Gasteiger partial charge >= 0.3 is 0 Å². The molecule has 102 valence electrons. The van der Waals surface area contributed by atoms with E-state index in [4.69, 9.17) is 27.1 Å². The van der Waals surface area contributed by atoms with Gasteiger partial charge in [0, 0.05) is 37.2 Å². The Hall–Kier alpha value is -1.10. The lowest BCUT2D eigenvalue weighted by atomic mass is 9.79. The molecule has 2 N–H and O–H groups in total. The van der Waals surface area contributed by atoms with Crippen LogP contribution in [-0.4, -0.2) is 29.3 Å². The first-order valence-corrected chi connectivity index (χ1v) is 6.94. The van der Waals surface area contributed by atoms with Crippen molar-refractivity contribution in [2.75, 3.05) is 19.8 Å². The molecule has 1 fully saturated rings. The van der Waals surface area contributed by atoms with E-state index in [1.165, 1.54) is 0 Å². The molecular formula is C14H18ClN3O. The van der Waals surface area contributed by atoms with E-state index in [-0.39, 0.29) is 5.41 Å². The number of benzene rings is 1. The Bertz CT molecular complexity index is 602. The van der Waals surface area contributed by atoms with Gasteiger partial charge in [0.15, 0.2) is 0 Å². The molecule has 4 nitrogen and oxygen atoms in total. The van der Waals surface area contributed by atoms with E-state index in [1.807, 2.05) is 25.2 Å². The van der Waals surface area contributed by atoms with E-state index >= 15 is 0 Å². The quantitative estimate of drug-likeness (QED) is 0.917. The first kappa shape index (κ1) is 12.9. The lowest BCUT2D eigenvalue weighted by molar-refractivity contribution is 0.0492. The monoisotopic (exact) mass is 279 g/mol. The van der Waals surface area contributed by atoms with Gasteiger partial charge in [0.2, 0.25) is 0 Å². The molecule has 0 radical (unpaired) electrons. The van der Waals surface area contributed by atoms with Crippen molar-refractivity contribution in [1.29, 1.82) is 0 Å². The average molecular weight is 280 g/mol. The number of nitrogens with zero attached hydrogens (tertiary/aromatic N) is 2. The van der Waals surface area contributed by atoms with Crippen molar-refractivity contribution in [2.24, 2.45) is 12.8 Å². The van der Waals surface area contributed by atoms with Crippen LogP contribution in [0.3, 0.4) is 0 Å². The molecule has 1 aromatic heterocycles. The highest BCUT2D eigenvalue weighted by Crippen LogP contribution is 2.35. The number of aryl methyl sites for hydroxylation is 1. The van der Waals surface area contributed by atoms with Crippen molar-refractivity contribution >= 4 is 22.6 Å². The Morgan fingerprint density at radius 1 is 1.42 bits per heavy atom. The molecule has 2 heterocycles. The van der Waals surface area contributed by atoms with Gasteiger partial charge in [-0.3, -0.25) is 0 Å². The highest BCUT2D eigenvalue weighted by molar-refractivity contribution is 6.31. The van der Waals surface area contributed by atoms with Crippen LogP contribution in [0.15, 0.2) is 18.2 Å². The standard InChI is InChI=1S/C14H18ClN3O/c1-18-12-3-2-10(15)8-11(12)17-13(18)14(9-16)4-6-19-7-5-14/h2-3,8H,4-7,9,16H2,1H3. The summed E-state index contributed by atoms with van der Waals surface area (Å²) >= 11 is 6.04. The van der Waals surface area contributed by atoms with E-state index in [0.29, 0.717) is 11.6 Å². The molecule has 2 aromatic rings. The molecule has 19 heavy (non-hydrogen) atoms. The van der Waals surface area contributed by atoms with Crippen LogP contribution in [-0.2, 0) is 17.2 Å². The molecule has 1 aliphatic heterocycles. The van der Waals surface area contributed by atoms with Crippen molar-refractivity contribution in [2.45, 2.75) is 18.3 Å².